The number of guanidine groups is 1. The van der Waals surface area contributed by atoms with Gasteiger partial charge in [-0.25, -0.2) is 0 Å². The lowest BCUT2D eigenvalue weighted by molar-refractivity contribution is -0.119. The molecule has 8 heteroatoms. The fourth-order valence-corrected chi connectivity index (χ4v) is 4.71. The molecule has 160 valence electrons. The summed E-state index contributed by atoms with van der Waals surface area (Å²) in [4.78, 5) is 20.9. The molecule has 0 aliphatic carbocycles. The number of amides is 1. The first-order chi connectivity index (χ1) is 13.6. The SMILES string of the molecule is CCNC(=NCC1(N2CCCC2)CCOCC1)NC1CCN(CC(N)=O)CC1. The highest BCUT2D eigenvalue weighted by Crippen LogP contribution is 2.31. The lowest BCUT2D eigenvalue weighted by Crippen LogP contribution is -2.54. The van der Waals surface area contributed by atoms with E-state index in [1.807, 2.05) is 0 Å². The van der Waals surface area contributed by atoms with Crippen LogP contribution in [0.1, 0.15) is 45.4 Å². The van der Waals surface area contributed by atoms with Crippen molar-refractivity contribution >= 4 is 11.9 Å². The van der Waals surface area contributed by atoms with Gasteiger partial charge in [-0.2, -0.15) is 0 Å². The Morgan fingerprint density at radius 1 is 1.18 bits per heavy atom. The van der Waals surface area contributed by atoms with Gasteiger partial charge in [0.2, 0.25) is 5.91 Å². The van der Waals surface area contributed by atoms with Crippen molar-refractivity contribution in [1.82, 2.24) is 20.4 Å². The molecule has 0 unspecified atom stereocenters. The number of nitrogens with one attached hydrogen (secondary N) is 2. The van der Waals surface area contributed by atoms with Crippen LogP contribution in [0.3, 0.4) is 0 Å². The molecule has 0 aromatic carbocycles. The summed E-state index contributed by atoms with van der Waals surface area (Å²) in [7, 11) is 0. The number of nitrogens with zero attached hydrogens (tertiary/aromatic N) is 3. The highest BCUT2D eigenvalue weighted by Gasteiger charge is 2.39. The van der Waals surface area contributed by atoms with Gasteiger partial charge in [0.25, 0.3) is 0 Å². The Kier molecular flexibility index (Phi) is 7.93. The van der Waals surface area contributed by atoms with Crippen LogP contribution in [0, 0.1) is 0 Å². The van der Waals surface area contributed by atoms with Gasteiger partial charge in [0, 0.05) is 44.4 Å². The predicted molar refractivity (Wildman–Crippen MR) is 111 cm³/mol. The number of piperidine rings is 1. The van der Waals surface area contributed by atoms with Crippen LogP contribution >= 0.6 is 0 Å². The third-order valence-electron chi connectivity index (χ3n) is 6.38. The second-order valence-electron chi connectivity index (χ2n) is 8.39. The number of aliphatic imine (C=N–C) groups is 1. The molecule has 0 aromatic rings. The van der Waals surface area contributed by atoms with Crippen molar-refractivity contribution in [2.45, 2.75) is 57.0 Å². The molecule has 0 spiro atoms. The Morgan fingerprint density at radius 2 is 1.86 bits per heavy atom. The van der Waals surface area contributed by atoms with Gasteiger partial charge in [0.05, 0.1) is 13.1 Å². The van der Waals surface area contributed by atoms with Crippen molar-refractivity contribution in [3.63, 3.8) is 0 Å². The maximum Gasteiger partial charge on any atom is 0.231 e. The number of hydrogen-bond acceptors (Lipinski definition) is 5. The summed E-state index contributed by atoms with van der Waals surface area (Å²) >= 11 is 0. The molecule has 1 amide bonds. The summed E-state index contributed by atoms with van der Waals surface area (Å²) in [5, 5.41) is 7.05. The zero-order valence-corrected chi connectivity index (χ0v) is 17.4. The smallest absolute Gasteiger partial charge is 0.231 e. The Bertz CT molecular complexity index is 521. The summed E-state index contributed by atoms with van der Waals surface area (Å²) in [6.07, 6.45) is 6.75. The zero-order valence-electron chi connectivity index (χ0n) is 17.4. The number of likely N-dealkylation sites (tertiary alicyclic amines) is 2. The first kappa shape index (κ1) is 21.3. The van der Waals surface area contributed by atoms with Gasteiger partial charge in [0.1, 0.15) is 0 Å². The lowest BCUT2D eigenvalue weighted by atomic mass is 9.88. The van der Waals surface area contributed by atoms with E-state index < -0.39 is 0 Å². The van der Waals surface area contributed by atoms with Crippen LogP contribution in [0.4, 0.5) is 0 Å². The Hall–Kier alpha value is -1.38. The van der Waals surface area contributed by atoms with Gasteiger partial charge >= 0.3 is 0 Å². The first-order valence-corrected chi connectivity index (χ1v) is 11.0. The molecule has 3 rings (SSSR count). The Balaban J connectivity index is 1.57. The summed E-state index contributed by atoms with van der Waals surface area (Å²) in [6, 6.07) is 0.388. The summed E-state index contributed by atoms with van der Waals surface area (Å²) in [5.41, 5.74) is 5.47. The normalized spacial score (nSPS) is 25.0. The molecule has 0 aromatic heterocycles. The quantitative estimate of drug-likeness (QED) is 0.420. The largest absolute Gasteiger partial charge is 0.381 e. The molecule has 3 fully saturated rings. The van der Waals surface area contributed by atoms with Crippen LogP contribution in [0.5, 0.6) is 0 Å². The molecule has 0 radical (unpaired) electrons. The van der Waals surface area contributed by atoms with E-state index in [1.54, 1.807) is 0 Å². The number of hydrogen-bond donors (Lipinski definition) is 3. The molecule has 4 N–H and O–H groups in total. The second kappa shape index (κ2) is 10.4. The van der Waals surface area contributed by atoms with Crippen LogP contribution < -0.4 is 16.4 Å². The van der Waals surface area contributed by atoms with Gasteiger partial charge in [-0.3, -0.25) is 19.6 Å². The van der Waals surface area contributed by atoms with Gasteiger partial charge < -0.3 is 21.1 Å². The molecule has 3 saturated heterocycles. The number of carbonyl (C=O) groups excluding carboxylic acids is 1. The molecule has 8 nitrogen and oxygen atoms in total. The molecule has 28 heavy (non-hydrogen) atoms. The van der Waals surface area contributed by atoms with Gasteiger partial charge in [-0.05, 0) is 58.5 Å². The van der Waals surface area contributed by atoms with Crippen molar-refractivity contribution in [1.29, 1.82) is 0 Å². The molecule has 0 bridgehead atoms. The maximum absolute atomic E-state index is 11.1. The monoisotopic (exact) mass is 394 g/mol. The minimum Gasteiger partial charge on any atom is -0.381 e. The maximum atomic E-state index is 11.1. The Labute approximate surface area is 169 Å². The fourth-order valence-electron chi connectivity index (χ4n) is 4.71. The number of rotatable bonds is 7. The molecule has 0 atom stereocenters. The number of ether oxygens (including phenoxy) is 1. The van der Waals surface area contributed by atoms with Crippen molar-refractivity contribution in [3.05, 3.63) is 0 Å². The van der Waals surface area contributed by atoms with E-state index in [2.05, 4.69) is 27.4 Å². The topological polar surface area (TPSA) is 95.2 Å². The standard InChI is InChI=1S/C20H38N6O2/c1-2-22-19(24-17-5-11-25(12-6-17)15-18(21)27)23-16-20(7-13-28-14-8-20)26-9-3-4-10-26/h17H,2-16H2,1H3,(H2,21,27)(H2,22,23,24). The van der Waals surface area contributed by atoms with E-state index in [9.17, 15) is 4.79 Å². The van der Waals surface area contributed by atoms with Crippen molar-refractivity contribution in [2.75, 3.05) is 59.0 Å². The van der Waals surface area contributed by atoms with Crippen LogP contribution in [0.15, 0.2) is 4.99 Å². The zero-order chi connectivity index (χ0) is 19.8. The third kappa shape index (κ3) is 5.81. The van der Waals surface area contributed by atoms with Crippen LogP contribution in [0.25, 0.3) is 0 Å². The van der Waals surface area contributed by atoms with E-state index in [1.165, 1.54) is 25.9 Å². The fraction of sp³-hybridized carbons (Fsp3) is 0.900. The predicted octanol–water partition coefficient (Wildman–Crippen LogP) is 0.136. The summed E-state index contributed by atoms with van der Waals surface area (Å²) < 4.78 is 5.65. The minimum atomic E-state index is -0.245. The van der Waals surface area contributed by atoms with Crippen LogP contribution in [-0.2, 0) is 9.53 Å². The number of primary amides is 1. The summed E-state index contributed by atoms with van der Waals surface area (Å²) in [5.74, 6) is 0.672. The minimum absolute atomic E-state index is 0.155. The molecule has 0 saturated carbocycles. The van der Waals surface area contributed by atoms with E-state index in [4.69, 9.17) is 15.5 Å². The van der Waals surface area contributed by atoms with Crippen LogP contribution in [-0.4, -0.2) is 92.3 Å². The summed E-state index contributed by atoms with van der Waals surface area (Å²) in [6.45, 7) is 10.0. The number of carbonyl (C=O) groups is 1. The third-order valence-corrected chi connectivity index (χ3v) is 6.38. The van der Waals surface area contributed by atoms with Crippen molar-refractivity contribution in [3.8, 4) is 0 Å². The lowest BCUT2D eigenvalue weighted by Gasteiger charge is -2.43. The van der Waals surface area contributed by atoms with E-state index in [0.29, 0.717) is 12.6 Å². The van der Waals surface area contributed by atoms with E-state index >= 15 is 0 Å². The average molecular weight is 395 g/mol. The average Bonchev–Trinajstić information content (AvgIpc) is 3.24. The van der Waals surface area contributed by atoms with Crippen LogP contribution in [0.2, 0.25) is 0 Å². The number of nitrogens with two attached hydrogens (primary N) is 1. The van der Waals surface area contributed by atoms with E-state index in [-0.39, 0.29) is 11.4 Å². The van der Waals surface area contributed by atoms with Crippen molar-refractivity contribution < 1.29 is 9.53 Å². The molecule has 3 aliphatic heterocycles. The van der Waals surface area contributed by atoms with Gasteiger partial charge in [-0.15, -0.1) is 0 Å². The van der Waals surface area contributed by atoms with Gasteiger partial charge in [-0.1, -0.05) is 0 Å². The molecular formula is C20H38N6O2. The highest BCUT2D eigenvalue weighted by molar-refractivity contribution is 5.80. The van der Waals surface area contributed by atoms with Crippen molar-refractivity contribution in [2.24, 2.45) is 10.7 Å². The molecule has 3 heterocycles. The highest BCUT2D eigenvalue weighted by atomic mass is 16.5. The van der Waals surface area contributed by atoms with Gasteiger partial charge in [0.15, 0.2) is 5.96 Å². The molecular weight excluding hydrogens is 356 g/mol. The first-order valence-electron chi connectivity index (χ1n) is 11.0. The second-order valence-corrected chi connectivity index (χ2v) is 8.39. The Morgan fingerprint density at radius 3 is 2.46 bits per heavy atom. The van der Waals surface area contributed by atoms with E-state index in [0.717, 1.165) is 71.0 Å². The molecule has 3 aliphatic rings.